The molecule has 0 saturated carbocycles. The molecule has 0 bridgehead atoms. The fraction of sp³-hybridized carbons (Fsp3) is 0.611. The number of piperidine rings is 1. The van der Waals surface area contributed by atoms with Crippen LogP contribution in [-0.4, -0.2) is 49.0 Å². The Kier molecular flexibility index (Phi) is 4.98. The van der Waals surface area contributed by atoms with Crippen LogP contribution >= 0.6 is 0 Å². The summed E-state index contributed by atoms with van der Waals surface area (Å²) in [5.41, 5.74) is 1.30. The topological polar surface area (TPSA) is 32.8 Å². The first-order valence-corrected chi connectivity index (χ1v) is 8.44. The van der Waals surface area contributed by atoms with E-state index < -0.39 is 0 Å². The van der Waals surface area contributed by atoms with Crippen molar-refractivity contribution in [2.75, 3.05) is 33.3 Å². The normalized spacial score (nSPS) is 22.8. The van der Waals surface area contributed by atoms with Crippen molar-refractivity contribution in [1.82, 2.24) is 9.80 Å². The summed E-state index contributed by atoms with van der Waals surface area (Å²) < 4.78 is 5.23. The molecule has 2 aliphatic rings. The van der Waals surface area contributed by atoms with Crippen LogP contribution in [0.4, 0.5) is 0 Å². The maximum absolute atomic E-state index is 12.5. The number of hydrogen-bond acceptors (Lipinski definition) is 3. The summed E-state index contributed by atoms with van der Waals surface area (Å²) in [7, 11) is 1.69. The van der Waals surface area contributed by atoms with Gasteiger partial charge in [0, 0.05) is 19.1 Å². The van der Waals surface area contributed by atoms with Crippen LogP contribution in [0.3, 0.4) is 0 Å². The second kappa shape index (κ2) is 7.14. The molecule has 4 heteroatoms. The maximum atomic E-state index is 12.5. The first-order chi connectivity index (χ1) is 10.8. The molecule has 1 amide bonds. The lowest BCUT2D eigenvalue weighted by Gasteiger charge is -2.31. The molecule has 1 aromatic rings. The van der Waals surface area contributed by atoms with E-state index in [0.29, 0.717) is 18.5 Å². The third-order valence-electron chi connectivity index (χ3n) is 4.91. The number of benzene rings is 1. The number of likely N-dealkylation sites (tertiary alicyclic amines) is 2. The quantitative estimate of drug-likeness (QED) is 0.857. The molecule has 1 atom stereocenters. The van der Waals surface area contributed by atoms with Gasteiger partial charge in [0.15, 0.2) is 0 Å². The van der Waals surface area contributed by atoms with Gasteiger partial charge in [0.05, 0.1) is 13.7 Å². The molecule has 1 aromatic carbocycles. The predicted molar refractivity (Wildman–Crippen MR) is 87.0 cm³/mol. The number of carbonyl (C=O) groups is 1. The fourth-order valence-corrected chi connectivity index (χ4v) is 3.64. The highest BCUT2D eigenvalue weighted by Crippen LogP contribution is 2.32. The predicted octanol–water partition coefficient (Wildman–Crippen LogP) is 2.84. The van der Waals surface area contributed by atoms with Crippen LogP contribution in [0.1, 0.15) is 43.7 Å². The Balaban J connectivity index is 1.63. The lowest BCUT2D eigenvalue weighted by Crippen LogP contribution is -2.42. The largest absolute Gasteiger partial charge is 0.497 e. The molecular weight excluding hydrogens is 276 g/mol. The van der Waals surface area contributed by atoms with E-state index in [-0.39, 0.29) is 0 Å². The van der Waals surface area contributed by atoms with Crippen LogP contribution in [0.15, 0.2) is 24.3 Å². The third-order valence-corrected chi connectivity index (χ3v) is 4.91. The zero-order chi connectivity index (χ0) is 15.4. The van der Waals surface area contributed by atoms with Crippen molar-refractivity contribution < 1.29 is 9.53 Å². The highest BCUT2D eigenvalue weighted by molar-refractivity contribution is 5.78. The van der Waals surface area contributed by atoms with Gasteiger partial charge in [-0.1, -0.05) is 12.1 Å². The van der Waals surface area contributed by atoms with Crippen molar-refractivity contribution in [2.24, 2.45) is 0 Å². The Morgan fingerprint density at radius 1 is 1.09 bits per heavy atom. The monoisotopic (exact) mass is 302 g/mol. The summed E-state index contributed by atoms with van der Waals surface area (Å²) in [6.45, 7) is 3.48. The Hall–Kier alpha value is -1.55. The zero-order valence-corrected chi connectivity index (χ0v) is 13.5. The molecule has 0 spiro atoms. The molecule has 22 heavy (non-hydrogen) atoms. The molecule has 4 nitrogen and oxygen atoms in total. The average molecular weight is 302 g/mol. The van der Waals surface area contributed by atoms with E-state index in [1.165, 1.54) is 18.4 Å². The summed E-state index contributed by atoms with van der Waals surface area (Å²) >= 11 is 0. The average Bonchev–Trinajstić information content (AvgIpc) is 3.04. The van der Waals surface area contributed by atoms with Gasteiger partial charge in [0.2, 0.25) is 5.91 Å². The lowest BCUT2D eigenvalue weighted by molar-refractivity contribution is -0.133. The van der Waals surface area contributed by atoms with Gasteiger partial charge in [-0.05, 0) is 56.3 Å². The summed E-state index contributed by atoms with van der Waals surface area (Å²) in [5, 5.41) is 0. The SMILES string of the molecule is COc1ccc([C@H]2CCCN2CC(=O)N2CCCCC2)cc1. The van der Waals surface area contributed by atoms with Crippen molar-refractivity contribution in [3.8, 4) is 5.75 Å². The minimum Gasteiger partial charge on any atom is -0.497 e. The number of rotatable bonds is 4. The standard InChI is InChI=1S/C18H26N2O2/c1-22-16-9-7-15(8-10-16)17-6-5-13-20(17)14-18(21)19-11-3-2-4-12-19/h7-10,17H,2-6,11-14H2,1H3/t17-/m1/s1. The minimum atomic E-state index is 0.306. The number of carbonyl (C=O) groups excluding carboxylic acids is 1. The molecule has 0 N–H and O–H groups in total. The summed E-state index contributed by atoms with van der Waals surface area (Å²) in [5.74, 6) is 1.19. The van der Waals surface area contributed by atoms with Crippen molar-refractivity contribution in [3.63, 3.8) is 0 Å². The van der Waals surface area contributed by atoms with Crippen molar-refractivity contribution in [2.45, 2.75) is 38.1 Å². The molecule has 2 aliphatic heterocycles. The lowest BCUT2D eigenvalue weighted by atomic mass is 10.0. The maximum Gasteiger partial charge on any atom is 0.236 e. The second-order valence-corrected chi connectivity index (χ2v) is 6.34. The molecule has 0 radical (unpaired) electrons. The minimum absolute atomic E-state index is 0.306. The van der Waals surface area contributed by atoms with E-state index in [0.717, 1.165) is 44.6 Å². The molecule has 2 saturated heterocycles. The fourth-order valence-electron chi connectivity index (χ4n) is 3.64. The number of ether oxygens (including phenoxy) is 1. The van der Waals surface area contributed by atoms with Crippen LogP contribution in [0.5, 0.6) is 5.75 Å². The molecule has 120 valence electrons. The van der Waals surface area contributed by atoms with E-state index >= 15 is 0 Å². The van der Waals surface area contributed by atoms with Crippen molar-refractivity contribution in [1.29, 1.82) is 0 Å². The zero-order valence-electron chi connectivity index (χ0n) is 13.5. The smallest absolute Gasteiger partial charge is 0.236 e. The van der Waals surface area contributed by atoms with Crippen LogP contribution in [0.2, 0.25) is 0 Å². The van der Waals surface area contributed by atoms with E-state index in [1.807, 2.05) is 17.0 Å². The molecule has 0 aliphatic carbocycles. The van der Waals surface area contributed by atoms with Gasteiger partial charge >= 0.3 is 0 Å². The van der Waals surface area contributed by atoms with Crippen molar-refractivity contribution >= 4 is 5.91 Å². The van der Waals surface area contributed by atoms with Crippen LogP contribution < -0.4 is 4.74 Å². The van der Waals surface area contributed by atoms with Gasteiger partial charge in [-0.25, -0.2) is 0 Å². The van der Waals surface area contributed by atoms with E-state index in [1.54, 1.807) is 7.11 Å². The van der Waals surface area contributed by atoms with Gasteiger partial charge < -0.3 is 9.64 Å². The molecule has 0 aromatic heterocycles. The molecule has 2 heterocycles. The number of amides is 1. The number of hydrogen-bond donors (Lipinski definition) is 0. The van der Waals surface area contributed by atoms with Crippen LogP contribution in [0, 0.1) is 0 Å². The highest BCUT2D eigenvalue weighted by atomic mass is 16.5. The van der Waals surface area contributed by atoms with Gasteiger partial charge in [-0.2, -0.15) is 0 Å². The highest BCUT2D eigenvalue weighted by Gasteiger charge is 2.29. The van der Waals surface area contributed by atoms with Gasteiger partial charge in [-0.15, -0.1) is 0 Å². The summed E-state index contributed by atoms with van der Waals surface area (Å²) in [6.07, 6.45) is 5.90. The van der Waals surface area contributed by atoms with E-state index in [2.05, 4.69) is 17.0 Å². The summed E-state index contributed by atoms with van der Waals surface area (Å²) in [4.78, 5) is 16.9. The summed E-state index contributed by atoms with van der Waals surface area (Å²) in [6, 6.07) is 8.66. The molecule has 0 unspecified atom stereocenters. The molecule has 3 rings (SSSR count). The van der Waals surface area contributed by atoms with Gasteiger partial charge in [0.25, 0.3) is 0 Å². The van der Waals surface area contributed by atoms with Crippen LogP contribution in [0.25, 0.3) is 0 Å². The number of methoxy groups -OCH3 is 1. The Labute approximate surface area is 133 Å². The van der Waals surface area contributed by atoms with E-state index in [9.17, 15) is 4.79 Å². The first-order valence-electron chi connectivity index (χ1n) is 8.44. The Morgan fingerprint density at radius 2 is 1.82 bits per heavy atom. The number of nitrogens with zero attached hydrogens (tertiary/aromatic N) is 2. The van der Waals surface area contributed by atoms with Gasteiger partial charge in [-0.3, -0.25) is 9.69 Å². The molecular formula is C18H26N2O2. The first kappa shape index (κ1) is 15.3. The van der Waals surface area contributed by atoms with E-state index in [4.69, 9.17) is 4.74 Å². The van der Waals surface area contributed by atoms with Crippen LogP contribution in [-0.2, 0) is 4.79 Å². The Bertz CT molecular complexity index is 494. The molecule has 2 fully saturated rings. The third kappa shape index (κ3) is 3.43. The van der Waals surface area contributed by atoms with Gasteiger partial charge in [0.1, 0.15) is 5.75 Å². The van der Waals surface area contributed by atoms with Crippen molar-refractivity contribution in [3.05, 3.63) is 29.8 Å². The second-order valence-electron chi connectivity index (χ2n) is 6.34. The Morgan fingerprint density at radius 3 is 2.50 bits per heavy atom.